The van der Waals surface area contributed by atoms with Crippen molar-refractivity contribution >= 4 is 30.1 Å². The fourth-order valence-corrected chi connectivity index (χ4v) is 2.03. The van der Waals surface area contributed by atoms with Gasteiger partial charge in [0.15, 0.2) is 0 Å². The standard InChI is InChI=1S/C13H19FN2O2S.ClH/c1-18-11-6-9(5-10(14)7-11)8-16-13(17)12(15)3-4-19-2;/h5-7,12H,3-4,8,15H2,1-2H3,(H,16,17);1H. The Labute approximate surface area is 129 Å². The molecular formula is C13H20ClFN2O2S. The molecule has 0 bridgehead atoms. The second-order valence-electron chi connectivity index (χ2n) is 4.11. The molecule has 114 valence electrons. The van der Waals surface area contributed by atoms with Crippen LogP contribution in [0.2, 0.25) is 0 Å². The minimum atomic E-state index is -0.525. The molecular weight excluding hydrogens is 303 g/mol. The number of hydrogen-bond acceptors (Lipinski definition) is 4. The summed E-state index contributed by atoms with van der Waals surface area (Å²) in [4.78, 5) is 11.7. The highest BCUT2D eigenvalue weighted by Gasteiger charge is 2.12. The van der Waals surface area contributed by atoms with Crippen LogP contribution >= 0.6 is 24.2 Å². The van der Waals surface area contributed by atoms with E-state index in [0.29, 0.717) is 17.7 Å². The van der Waals surface area contributed by atoms with Gasteiger partial charge >= 0.3 is 0 Å². The molecule has 0 saturated carbocycles. The molecule has 1 aromatic rings. The highest BCUT2D eigenvalue weighted by molar-refractivity contribution is 7.98. The van der Waals surface area contributed by atoms with Crippen LogP contribution in [0.1, 0.15) is 12.0 Å². The van der Waals surface area contributed by atoms with Gasteiger partial charge in [0.25, 0.3) is 0 Å². The number of thioether (sulfide) groups is 1. The van der Waals surface area contributed by atoms with Crippen molar-refractivity contribution < 1.29 is 13.9 Å². The average molecular weight is 323 g/mol. The van der Waals surface area contributed by atoms with Gasteiger partial charge in [0, 0.05) is 12.6 Å². The van der Waals surface area contributed by atoms with Crippen molar-refractivity contribution in [3.05, 3.63) is 29.6 Å². The van der Waals surface area contributed by atoms with Crippen LogP contribution in [0.25, 0.3) is 0 Å². The summed E-state index contributed by atoms with van der Waals surface area (Å²) in [5, 5.41) is 2.69. The van der Waals surface area contributed by atoms with Crippen molar-refractivity contribution in [1.29, 1.82) is 0 Å². The van der Waals surface area contributed by atoms with E-state index < -0.39 is 11.9 Å². The number of halogens is 2. The maximum Gasteiger partial charge on any atom is 0.237 e. The lowest BCUT2D eigenvalue weighted by Crippen LogP contribution is -2.40. The quantitative estimate of drug-likeness (QED) is 0.805. The van der Waals surface area contributed by atoms with Crippen molar-refractivity contribution in [3.8, 4) is 5.75 Å². The molecule has 0 heterocycles. The second kappa shape index (κ2) is 9.85. The Bertz CT molecular complexity index is 435. The Morgan fingerprint density at radius 1 is 1.50 bits per heavy atom. The zero-order chi connectivity index (χ0) is 14.3. The van der Waals surface area contributed by atoms with E-state index in [1.54, 1.807) is 17.8 Å². The van der Waals surface area contributed by atoms with Gasteiger partial charge in [-0.05, 0) is 36.1 Å². The smallest absolute Gasteiger partial charge is 0.237 e. The predicted octanol–water partition coefficient (Wildman–Crippen LogP) is 1.95. The van der Waals surface area contributed by atoms with Crippen LogP contribution in [0.3, 0.4) is 0 Å². The first-order valence-corrected chi connectivity index (χ1v) is 7.32. The number of hydrogen-bond donors (Lipinski definition) is 2. The molecule has 3 N–H and O–H groups in total. The summed E-state index contributed by atoms with van der Waals surface area (Å²) in [6.45, 7) is 0.236. The minimum absolute atomic E-state index is 0. The van der Waals surface area contributed by atoms with E-state index in [2.05, 4.69) is 5.32 Å². The molecule has 0 aromatic heterocycles. The Hall–Kier alpha value is -0.980. The first-order valence-electron chi connectivity index (χ1n) is 5.92. The maximum absolute atomic E-state index is 13.2. The molecule has 0 aliphatic carbocycles. The molecule has 0 saturated heterocycles. The van der Waals surface area contributed by atoms with E-state index in [9.17, 15) is 9.18 Å². The summed E-state index contributed by atoms with van der Waals surface area (Å²) in [6.07, 6.45) is 2.59. The number of carbonyl (C=O) groups is 1. The third-order valence-electron chi connectivity index (χ3n) is 2.60. The van der Waals surface area contributed by atoms with Crippen molar-refractivity contribution in [2.45, 2.75) is 19.0 Å². The van der Waals surface area contributed by atoms with Crippen LogP contribution in [0.15, 0.2) is 18.2 Å². The van der Waals surface area contributed by atoms with E-state index >= 15 is 0 Å². The van der Waals surface area contributed by atoms with Crippen molar-refractivity contribution in [3.63, 3.8) is 0 Å². The lowest BCUT2D eigenvalue weighted by Gasteiger charge is -2.12. The predicted molar refractivity (Wildman–Crippen MR) is 83.0 cm³/mol. The fourth-order valence-electron chi connectivity index (χ4n) is 1.54. The molecule has 0 spiro atoms. The van der Waals surface area contributed by atoms with Gasteiger partial charge in [0.05, 0.1) is 13.2 Å². The van der Waals surface area contributed by atoms with Gasteiger partial charge in [0.2, 0.25) is 5.91 Å². The SMILES string of the molecule is COc1cc(F)cc(CNC(=O)C(N)CCSC)c1.Cl. The van der Waals surface area contributed by atoms with E-state index in [4.69, 9.17) is 10.5 Å². The third-order valence-corrected chi connectivity index (χ3v) is 3.25. The van der Waals surface area contributed by atoms with Gasteiger partial charge in [-0.2, -0.15) is 11.8 Å². The van der Waals surface area contributed by atoms with Crippen LogP contribution in [-0.2, 0) is 11.3 Å². The number of nitrogens with one attached hydrogen (secondary N) is 1. The Kier molecular flexibility index (Phi) is 9.37. The summed E-state index contributed by atoms with van der Waals surface area (Å²) in [5.41, 5.74) is 6.37. The zero-order valence-corrected chi connectivity index (χ0v) is 13.2. The monoisotopic (exact) mass is 322 g/mol. The Morgan fingerprint density at radius 2 is 2.20 bits per heavy atom. The van der Waals surface area contributed by atoms with E-state index in [1.165, 1.54) is 19.2 Å². The average Bonchev–Trinajstić information content (AvgIpc) is 2.41. The first-order chi connectivity index (χ1) is 9.06. The molecule has 1 unspecified atom stereocenters. The van der Waals surface area contributed by atoms with Crippen molar-refractivity contribution in [2.75, 3.05) is 19.1 Å². The zero-order valence-electron chi connectivity index (χ0n) is 11.5. The van der Waals surface area contributed by atoms with Crippen molar-refractivity contribution in [1.82, 2.24) is 5.32 Å². The van der Waals surface area contributed by atoms with Gasteiger partial charge in [0.1, 0.15) is 11.6 Å². The van der Waals surface area contributed by atoms with E-state index in [0.717, 1.165) is 5.75 Å². The van der Waals surface area contributed by atoms with Crippen LogP contribution in [0, 0.1) is 5.82 Å². The number of ether oxygens (including phenoxy) is 1. The molecule has 0 radical (unpaired) electrons. The molecule has 20 heavy (non-hydrogen) atoms. The molecule has 0 aliphatic heterocycles. The maximum atomic E-state index is 13.2. The van der Waals surface area contributed by atoms with Gasteiger partial charge < -0.3 is 15.8 Å². The summed E-state index contributed by atoms with van der Waals surface area (Å²) < 4.78 is 18.2. The van der Waals surface area contributed by atoms with Crippen LogP contribution in [-0.4, -0.2) is 31.1 Å². The number of nitrogens with two attached hydrogens (primary N) is 1. The van der Waals surface area contributed by atoms with Crippen LogP contribution < -0.4 is 15.8 Å². The molecule has 1 rings (SSSR count). The lowest BCUT2D eigenvalue weighted by atomic mass is 10.2. The van der Waals surface area contributed by atoms with Gasteiger partial charge in [-0.25, -0.2) is 4.39 Å². The Morgan fingerprint density at radius 3 is 2.80 bits per heavy atom. The minimum Gasteiger partial charge on any atom is -0.497 e. The lowest BCUT2D eigenvalue weighted by molar-refractivity contribution is -0.122. The molecule has 1 amide bonds. The molecule has 1 atom stereocenters. The summed E-state index contributed by atoms with van der Waals surface area (Å²) in [6, 6.07) is 3.80. The highest BCUT2D eigenvalue weighted by atomic mass is 35.5. The van der Waals surface area contributed by atoms with Crippen LogP contribution in [0.4, 0.5) is 4.39 Å². The molecule has 0 fully saturated rings. The number of carbonyl (C=O) groups excluding carboxylic acids is 1. The van der Waals surface area contributed by atoms with E-state index in [1.807, 2.05) is 6.26 Å². The fraction of sp³-hybridized carbons (Fsp3) is 0.462. The second-order valence-corrected chi connectivity index (χ2v) is 5.09. The highest BCUT2D eigenvalue weighted by Crippen LogP contribution is 2.15. The number of benzene rings is 1. The molecule has 0 aliphatic rings. The number of rotatable bonds is 7. The summed E-state index contributed by atoms with van der Waals surface area (Å²) >= 11 is 1.64. The number of methoxy groups -OCH3 is 1. The summed E-state index contributed by atoms with van der Waals surface area (Å²) in [5.74, 6) is 0.644. The third kappa shape index (κ3) is 6.45. The van der Waals surface area contributed by atoms with Gasteiger partial charge in [-0.15, -0.1) is 12.4 Å². The molecule has 7 heteroatoms. The largest absolute Gasteiger partial charge is 0.497 e. The molecule has 4 nitrogen and oxygen atoms in total. The topological polar surface area (TPSA) is 64.3 Å². The van der Waals surface area contributed by atoms with E-state index in [-0.39, 0.29) is 24.9 Å². The first kappa shape index (κ1) is 19.0. The van der Waals surface area contributed by atoms with Crippen LogP contribution in [0.5, 0.6) is 5.75 Å². The van der Waals surface area contributed by atoms with Gasteiger partial charge in [-0.1, -0.05) is 0 Å². The molecule has 1 aromatic carbocycles. The normalized spacial score (nSPS) is 11.4. The van der Waals surface area contributed by atoms with Gasteiger partial charge in [-0.3, -0.25) is 4.79 Å². The number of amides is 1. The Balaban J connectivity index is 0.00000361. The van der Waals surface area contributed by atoms with Crippen molar-refractivity contribution in [2.24, 2.45) is 5.73 Å². The summed E-state index contributed by atoms with van der Waals surface area (Å²) in [7, 11) is 1.47.